The SMILES string of the molecule is COC(=O)C(C)C(=S)OC(c1ccccc1)c1ccccc1. The average molecular weight is 314 g/mol. The van der Waals surface area contributed by atoms with Crippen LogP contribution < -0.4 is 0 Å². The summed E-state index contributed by atoms with van der Waals surface area (Å²) in [6, 6.07) is 19.6. The molecule has 0 bridgehead atoms. The molecule has 0 saturated heterocycles. The van der Waals surface area contributed by atoms with E-state index in [1.165, 1.54) is 7.11 Å². The van der Waals surface area contributed by atoms with Crippen molar-refractivity contribution in [1.82, 2.24) is 0 Å². The zero-order valence-electron chi connectivity index (χ0n) is 12.6. The number of hydrogen-bond acceptors (Lipinski definition) is 4. The first kappa shape index (κ1) is 16.2. The van der Waals surface area contributed by atoms with Crippen molar-refractivity contribution in [3.63, 3.8) is 0 Å². The van der Waals surface area contributed by atoms with Gasteiger partial charge in [-0.25, -0.2) is 0 Å². The van der Waals surface area contributed by atoms with Crippen molar-refractivity contribution >= 4 is 23.2 Å². The van der Waals surface area contributed by atoms with Gasteiger partial charge in [-0.3, -0.25) is 4.79 Å². The molecule has 114 valence electrons. The fourth-order valence-electron chi connectivity index (χ4n) is 2.08. The van der Waals surface area contributed by atoms with Crippen molar-refractivity contribution in [3.05, 3.63) is 71.8 Å². The first-order valence-corrected chi connectivity index (χ1v) is 7.42. The van der Waals surface area contributed by atoms with E-state index >= 15 is 0 Å². The van der Waals surface area contributed by atoms with Gasteiger partial charge in [0, 0.05) is 0 Å². The van der Waals surface area contributed by atoms with E-state index in [1.807, 2.05) is 60.7 Å². The van der Waals surface area contributed by atoms with Gasteiger partial charge in [0.2, 0.25) is 0 Å². The van der Waals surface area contributed by atoms with Crippen LogP contribution in [-0.4, -0.2) is 18.1 Å². The molecule has 2 aromatic rings. The fraction of sp³-hybridized carbons (Fsp3) is 0.222. The van der Waals surface area contributed by atoms with Gasteiger partial charge < -0.3 is 9.47 Å². The molecule has 4 heteroatoms. The summed E-state index contributed by atoms with van der Waals surface area (Å²) in [5, 5.41) is 0.226. The van der Waals surface area contributed by atoms with E-state index in [-0.39, 0.29) is 11.2 Å². The molecule has 2 aromatic carbocycles. The van der Waals surface area contributed by atoms with Crippen LogP contribution in [0.3, 0.4) is 0 Å². The lowest BCUT2D eigenvalue weighted by Gasteiger charge is -2.22. The minimum absolute atomic E-state index is 0.226. The number of ether oxygens (including phenoxy) is 2. The van der Waals surface area contributed by atoms with Gasteiger partial charge in [-0.2, -0.15) is 0 Å². The van der Waals surface area contributed by atoms with E-state index in [0.29, 0.717) is 0 Å². The summed E-state index contributed by atoms with van der Waals surface area (Å²) in [5.74, 6) is -0.986. The number of rotatable bonds is 5. The summed E-state index contributed by atoms with van der Waals surface area (Å²) < 4.78 is 10.7. The Morgan fingerprint density at radius 3 is 1.82 bits per heavy atom. The zero-order valence-corrected chi connectivity index (χ0v) is 13.4. The van der Waals surface area contributed by atoms with Crippen LogP contribution in [-0.2, 0) is 14.3 Å². The van der Waals surface area contributed by atoms with Gasteiger partial charge in [0.15, 0.2) is 5.05 Å². The number of hydrogen-bond donors (Lipinski definition) is 0. The molecule has 22 heavy (non-hydrogen) atoms. The molecule has 0 spiro atoms. The molecule has 0 heterocycles. The third kappa shape index (κ3) is 3.92. The Morgan fingerprint density at radius 1 is 0.955 bits per heavy atom. The minimum Gasteiger partial charge on any atom is -0.474 e. The molecule has 0 aliphatic carbocycles. The predicted molar refractivity (Wildman–Crippen MR) is 89.6 cm³/mol. The molecule has 3 nitrogen and oxygen atoms in total. The number of carbonyl (C=O) groups is 1. The molecule has 0 aliphatic rings. The summed E-state index contributed by atoms with van der Waals surface area (Å²) in [5.41, 5.74) is 1.96. The zero-order chi connectivity index (χ0) is 15.9. The lowest BCUT2D eigenvalue weighted by atomic mass is 10.0. The molecule has 1 unspecified atom stereocenters. The normalized spacial score (nSPS) is 11.8. The summed E-state index contributed by atoms with van der Waals surface area (Å²) in [7, 11) is 1.34. The van der Waals surface area contributed by atoms with Gasteiger partial charge in [0.25, 0.3) is 0 Å². The van der Waals surface area contributed by atoms with Crippen LogP contribution in [0.4, 0.5) is 0 Å². The predicted octanol–water partition coefficient (Wildman–Crippen LogP) is 3.93. The van der Waals surface area contributed by atoms with Gasteiger partial charge in [-0.05, 0) is 30.3 Å². The average Bonchev–Trinajstić information content (AvgIpc) is 2.59. The van der Waals surface area contributed by atoms with Crippen LogP contribution in [0.2, 0.25) is 0 Å². The number of benzene rings is 2. The van der Waals surface area contributed by atoms with Crippen molar-refractivity contribution in [2.45, 2.75) is 13.0 Å². The highest BCUT2D eigenvalue weighted by Gasteiger charge is 2.24. The first-order valence-electron chi connectivity index (χ1n) is 7.01. The summed E-state index contributed by atoms with van der Waals surface area (Å²) in [4.78, 5) is 11.6. The van der Waals surface area contributed by atoms with Crippen LogP contribution >= 0.6 is 12.2 Å². The number of esters is 1. The maximum Gasteiger partial charge on any atom is 0.317 e. The second kappa shape index (κ2) is 7.71. The van der Waals surface area contributed by atoms with E-state index in [9.17, 15) is 4.79 Å². The van der Waals surface area contributed by atoms with E-state index in [4.69, 9.17) is 21.7 Å². The Hall–Kier alpha value is -2.20. The van der Waals surface area contributed by atoms with Crippen molar-refractivity contribution in [2.75, 3.05) is 7.11 Å². The Morgan fingerprint density at radius 2 is 1.41 bits per heavy atom. The second-order valence-electron chi connectivity index (χ2n) is 4.88. The molecule has 2 rings (SSSR count). The highest BCUT2D eigenvalue weighted by Crippen LogP contribution is 2.27. The maximum atomic E-state index is 11.6. The van der Waals surface area contributed by atoms with Crippen LogP contribution in [0.1, 0.15) is 24.2 Å². The molecular formula is C18H18O3S. The molecule has 0 fully saturated rings. The van der Waals surface area contributed by atoms with Gasteiger partial charge in [0.1, 0.15) is 12.0 Å². The van der Waals surface area contributed by atoms with Crippen LogP contribution in [0.15, 0.2) is 60.7 Å². The highest BCUT2D eigenvalue weighted by atomic mass is 32.1. The molecule has 0 radical (unpaired) electrons. The standard InChI is InChI=1S/C18H18O3S/c1-13(17(19)20-2)18(22)21-16(14-9-5-3-6-10-14)15-11-7-4-8-12-15/h3-13,16H,1-2H3. The number of carbonyl (C=O) groups excluding carboxylic acids is 1. The quantitative estimate of drug-likeness (QED) is 0.619. The van der Waals surface area contributed by atoms with Gasteiger partial charge in [-0.15, -0.1) is 0 Å². The highest BCUT2D eigenvalue weighted by molar-refractivity contribution is 7.80. The second-order valence-corrected chi connectivity index (χ2v) is 5.29. The largest absolute Gasteiger partial charge is 0.474 e. The van der Waals surface area contributed by atoms with Crippen molar-refractivity contribution in [1.29, 1.82) is 0 Å². The van der Waals surface area contributed by atoms with Crippen molar-refractivity contribution < 1.29 is 14.3 Å². The molecule has 0 saturated carbocycles. The molecule has 0 amide bonds. The van der Waals surface area contributed by atoms with Gasteiger partial charge in [0.05, 0.1) is 7.11 Å². The number of thiocarbonyl (C=S) groups is 1. The van der Waals surface area contributed by atoms with E-state index < -0.39 is 11.9 Å². The monoisotopic (exact) mass is 314 g/mol. The Kier molecular flexibility index (Phi) is 5.67. The van der Waals surface area contributed by atoms with Gasteiger partial charge in [-0.1, -0.05) is 60.7 Å². The van der Waals surface area contributed by atoms with E-state index in [2.05, 4.69) is 0 Å². The summed E-state index contributed by atoms with van der Waals surface area (Å²) in [6.45, 7) is 1.68. The Balaban J connectivity index is 2.27. The smallest absolute Gasteiger partial charge is 0.317 e. The third-order valence-electron chi connectivity index (χ3n) is 3.35. The van der Waals surface area contributed by atoms with Crippen molar-refractivity contribution in [2.24, 2.45) is 5.92 Å². The molecule has 0 N–H and O–H groups in total. The van der Waals surface area contributed by atoms with Crippen LogP contribution in [0.5, 0.6) is 0 Å². The maximum absolute atomic E-state index is 11.6. The lowest BCUT2D eigenvalue weighted by Crippen LogP contribution is -2.24. The summed E-state index contributed by atoms with van der Waals surface area (Å²) in [6.07, 6.45) is -0.345. The van der Waals surface area contributed by atoms with E-state index in [1.54, 1.807) is 6.92 Å². The molecular weight excluding hydrogens is 296 g/mol. The molecule has 1 atom stereocenters. The summed E-state index contributed by atoms with van der Waals surface area (Å²) >= 11 is 5.27. The van der Waals surface area contributed by atoms with Crippen molar-refractivity contribution in [3.8, 4) is 0 Å². The Bertz CT molecular complexity index is 586. The lowest BCUT2D eigenvalue weighted by molar-refractivity contribution is -0.142. The topological polar surface area (TPSA) is 35.5 Å². The van der Waals surface area contributed by atoms with Gasteiger partial charge >= 0.3 is 5.97 Å². The molecule has 0 aliphatic heterocycles. The molecule has 0 aromatic heterocycles. The minimum atomic E-state index is -0.588. The first-order chi connectivity index (χ1) is 10.6. The fourth-order valence-corrected chi connectivity index (χ4v) is 2.27. The van der Waals surface area contributed by atoms with Crippen LogP contribution in [0.25, 0.3) is 0 Å². The Labute approximate surface area is 135 Å². The third-order valence-corrected chi connectivity index (χ3v) is 3.80. The van der Waals surface area contributed by atoms with E-state index in [0.717, 1.165) is 11.1 Å². The number of methoxy groups -OCH3 is 1. The van der Waals surface area contributed by atoms with Crippen LogP contribution in [0, 0.1) is 5.92 Å².